The van der Waals surface area contributed by atoms with E-state index in [4.69, 9.17) is 11.6 Å². The molecule has 0 unspecified atom stereocenters. The second kappa shape index (κ2) is 6.22. The molecule has 0 amide bonds. The lowest BCUT2D eigenvalue weighted by atomic mass is 9.89. The number of anilines is 1. The van der Waals surface area contributed by atoms with Crippen molar-refractivity contribution in [3.63, 3.8) is 0 Å². The molecule has 2 aromatic carbocycles. The van der Waals surface area contributed by atoms with Crippen molar-refractivity contribution in [1.82, 2.24) is 4.90 Å². The first kappa shape index (κ1) is 17.8. The third-order valence-corrected chi connectivity index (χ3v) is 7.44. The van der Waals surface area contributed by atoms with Gasteiger partial charge in [-0.1, -0.05) is 29.3 Å². The van der Waals surface area contributed by atoms with Crippen molar-refractivity contribution >= 4 is 27.3 Å². The molecular formula is C19H20ClFN2O2S. The fraction of sp³-hybridized carbons (Fsp3) is 0.368. The van der Waals surface area contributed by atoms with Crippen molar-refractivity contribution < 1.29 is 12.8 Å². The topological polar surface area (TPSA) is 40.6 Å². The third kappa shape index (κ3) is 2.71. The van der Waals surface area contributed by atoms with E-state index in [2.05, 4.69) is 11.0 Å². The lowest BCUT2D eigenvalue weighted by Crippen LogP contribution is -2.47. The number of sulfonamides is 1. The number of fused-ring (bicyclic) bond motifs is 3. The number of aryl methyl sites for hydroxylation is 1. The molecule has 2 aromatic rings. The molecule has 2 atom stereocenters. The van der Waals surface area contributed by atoms with Gasteiger partial charge in [0.1, 0.15) is 10.7 Å². The number of halogens is 2. The molecule has 0 bridgehead atoms. The Bertz CT molecular complexity index is 979. The van der Waals surface area contributed by atoms with Gasteiger partial charge in [0, 0.05) is 17.5 Å². The number of rotatable bonds is 2. The molecule has 26 heavy (non-hydrogen) atoms. The number of piperidine rings is 1. The summed E-state index contributed by atoms with van der Waals surface area (Å²) in [6.45, 7) is 3.59. The Balaban J connectivity index is 1.88. The monoisotopic (exact) mass is 394 g/mol. The van der Waals surface area contributed by atoms with Gasteiger partial charge in [0.2, 0.25) is 0 Å². The van der Waals surface area contributed by atoms with Crippen LogP contribution in [0.5, 0.6) is 0 Å². The maximum atomic E-state index is 14.4. The Kier molecular flexibility index (Phi) is 4.25. The predicted molar refractivity (Wildman–Crippen MR) is 101 cm³/mol. The van der Waals surface area contributed by atoms with E-state index in [0.29, 0.717) is 12.1 Å². The zero-order valence-corrected chi connectivity index (χ0v) is 16.2. The first-order chi connectivity index (χ1) is 12.3. The van der Waals surface area contributed by atoms with Crippen LogP contribution >= 0.6 is 11.6 Å². The van der Waals surface area contributed by atoms with Gasteiger partial charge in [-0.15, -0.1) is 0 Å². The second-order valence-electron chi connectivity index (χ2n) is 7.16. The minimum Gasteiger partial charge on any atom is -0.306 e. The van der Waals surface area contributed by atoms with Gasteiger partial charge in [-0.3, -0.25) is 4.31 Å². The van der Waals surface area contributed by atoms with Gasteiger partial charge in [0.25, 0.3) is 10.0 Å². The number of nitrogens with zero attached hydrogens (tertiary/aromatic N) is 2. The lowest BCUT2D eigenvalue weighted by molar-refractivity contribution is 0.237. The van der Waals surface area contributed by atoms with E-state index in [1.807, 2.05) is 26.1 Å². The third-order valence-electron chi connectivity index (χ3n) is 5.33. The molecule has 0 N–H and O–H groups in total. The molecular weight excluding hydrogens is 375 g/mol. The Morgan fingerprint density at radius 2 is 1.96 bits per heavy atom. The minimum absolute atomic E-state index is 0.0915. The summed E-state index contributed by atoms with van der Waals surface area (Å²) < 4.78 is 42.6. The Morgan fingerprint density at radius 1 is 1.19 bits per heavy atom. The van der Waals surface area contributed by atoms with E-state index in [9.17, 15) is 12.8 Å². The molecule has 1 fully saturated rings. The van der Waals surface area contributed by atoms with E-state index < -0.39 is 15.8 Å². The fourth-order valence-corrected chi connectivity index (χ4v) is 6.09. The molecule has 0 spiro atoms. The zero-order valence-electron chi connectivity index (χ0n) is 14.6. The van der Waals surface area contributed by atoms with Gasteiger partial charge in [-0.25, -0.2) is 12.8 Å². The van der Waals surface area contributed by atoms with E-state index in [1.54, 1.807) is 0 Å². The van der Waals surface area contributed by atoms with Crippen molar-refractivity contribution in [2.75, 3.05) is 24.4 Å². The smallest absolute Gasteiger partial charge is 0.267 e. The highest BCUT2D eigenvalue weighted by Crippen LogP contribution is 2.47. The van der Waals surface area contributed by atoms with Gasteiger partial charge in [0.05, 0.1) is 11.7 Å². The SMILES string of the molecule is Cc1ccc2c(c1)[C@H]1CN(C)CC[C@@H]1N2S(=O)(=O)c1ccc(Cl)cc1F. The molecule has 138 valence electrons. The van der Waals surface area contributed by atoms with Gasteiger partial charge in [0.15, 0.2) is 0 Å². The maximum Gasteiger partial charge on any atom is 0.267 e. The molecule has 0 aromatic heterocycles. The summed E-state index contributed by atoms with van der Waals surface area (Å²) >= 11 is 5.80. The summed E-state index contributed by atoms with van der Waals surface area (Å²) in [6.07, 6.45) is 0.712. The number of likely N-dealkylation sites (tertiary alicyclic amines) is 1. The van der Waals surface area contributed by atoms with Crippen LogP contribution in [0.4, 0.5) is 10.1 Å². The largest absolute Gasteiger partial charge is 0.306 e. The van der Waals surface area contributed by atoms with Gasteiger partial charge < -0.3 is 4.90 Å². The molecule has 0 aliphatic carbocycles. The van der Waals surface area contributed by atoms with Crippen molar-refractivity contribution in [1.29, 1.82) is 0 Å². The van der Waals surface area contributed by atoms with E-state index in [-0.39, 0.29) is 21.9 Å². The number of hydrogen-bond donors (Lipinski definition) is 0. The summed E-state index contributed by atoms with van der Waals surface area (Å²) in [6, 6.07) is 9.32. The summed E-state index contributed by atoms with van der Waals surface area (Å²) in [5.41, 5.74) is 2.78. The molecule has 2 heterocycles. The molecule has 2 aliphatic rings. The molecule has 1 saturated heterocycles. The van der Waals surface area contributed by atoms with Crippen LogP contribution in [0.3, 0.4) is 0 Å². The predicted octanol–water partition coefficient (Wildman–Crippen LogP) is 3.78. The molecule has 4 nitrogen and oxygen atoms in total. The normalized spacial score (nSPS) is 23.0. The lowest BCUT2D eigenvalue weighted by Gasteiger charge is -2.36. The van der Waals surface area contributed by atoms with Crippen molar-refractivity contribution in [3.05, 3.63) is 58.4 Å². The Hall–Kier alpha value is -1.63. The van der Waals surface area contributed by atoms with E-state index in [0.717, 1.165) is 30.3 Å². The van der Waals surface area contributed by atoms with Gasteiger partial charge in [-0.2, -0.15) is 0 Å². The molecule has 4 rings (SSSR count). The fourth-order valence-electron chi connectivity index (χ4n) is 4.14. The van der Waals surface area contributed by atoms with Gasteiger partial charge in [-0.05, 0) is 56.8 Å². The van der Waals surface area contributed by atoms with E-state index >= 15 is 0 Å². The summed E-state index contributed by atoms with van der Waals surface area (Å²) in [7, 11) is -1.98. The molecule has 0 saturated carbocycles. The summed E-state index contributed by atoms with van der Waals surface area (Å²) in [4.78, 5) is 1.89. The minimum atomic E-state index is -4.02. The van der Waals surface area contributed by atoms with Crippen LogP contribution in [0, 0.1) is 12.7 Å². The number of hydrogen-bond acceptors (Lipinski definition) is 3. The molecule has 0 radical (unpaired) electrons. The van der Waals surface area contributed by atoms with Crippen LogP contribution in [-0.4, -0.2) is 39.5 Å². The highest BCUT2D eigenvalue weighted by molar-refractivity contribution is 7.93. The highest BCUT2D eigenvalue weighted by Gasteiger charge is 2.47. The number of likely N-dealkylation sites (N-methyl/N-ethyl adjacent to an activating group) is 1. The van der Waals surface area contributed by atoms with Crippen LogP contribution < -0.4 is 4.31 Å². The van der Waals surface area contributed by atoms with Crippen LogP contribution in [-0.2, 0) is 10.0 Å². The second-order valence-corrected chi connectivity index (χ2v) is 9.38. The van der Waals surface area contributed by atoms with Crippen LogP contribution in [0.1, 0.15) is 23.5 Å². The first-order valence-corrected chi connectivity index (χ1v) is 10.4. The molecule has 7 heteroatoms. The summed E-state index contributed by atoms with van der Waals surface area (Å²) in [5.74, 6) is -0.726. The zero-order chi connectivity index (χ0) is 18.6. The van der Waals surface area contributed by atoms with Crippen LogP contribution in [0.25, 0.3) is 0 Å². The average molecular weight is 395 g/mol. The highest BCUT2D eigenvalue weighted by atomic mass is 35.5. The average Bonchev–Trinajstić information content (AvgIpc) is 2.88. The van der Waals surface area contributed by atoms with Gasteiger partial charge >= 0.3 is 0 Å². The summed E-state index contributed by atoms with van der Waals surface area (Å²) in [5, 5.41) is 0.177. The Morgan fingerprint density at radius 3 is 2.69 bits per heavy atom. The maximum absolute atomic E-state index is 14.4. The quantitative estimate of drug-likeness (QED) is 0.778. The van der Waals surface area contributed by atoms with Crippen molar-refractivity contribution in [2.24, 2.45) is 0 Å². The van der Waals surface area contributed by atoms with Crippen LogP contribution in [0.15, 0.2) is 41.3 Å². The van der Waals surface area contributed by atoms with Crippen LogP contribution in [0.2, 0.25) is 5.02 Å². The van der Waals surface area contributed by atoms with Crippen molar-refractivity contribution in [3.8, 4) is 0 Å². The van der Waals surface area contributed by atoms with E-state index in [1.165, 1.54) is 16.4 Å². The van der Waals surface area contributed by atoms with Crippen molar-refractivity contribution in [2.45, 2.75) is 30.2 Å². The Labute approximate surface area is 158 Å². The standard InChI is InChI=1S/C19H20ClFN2O2S/c1-12-3-5-17-14(9-12)15-11-22(2)8-7-18(15)23(17)26(24,25)19-6-4-13(20)10-16(19)21/h3-6,9-10,15,18H,7-8,11H2,1-2H3/t15-,18+/m1/s1. The number of benzene rings is 2. The molecule has 2 aliphatic heterocycles. The first-order valence-electron chi connectivity index (χ1n) is 8.57.